The summed E-state index contributed by atoms with van der Waals surface area (Å²) in [5.41, 5.74) is 5.58. The fourth-order valence-electron chi connectivity index (χ4n) is 1.57. The molecule has 0 saturated carbocycles. The first-order chi connectivity index (χ1) is 8.43. The van der Waals surface area contributed by atoms with Crippen LogP contribution in [0.15, 0.2) is 30.5 Å². The molecule has 0 saturated heterocycles. The molecule has 0 aliphatic rings. The van der Waals surface area contributed by atoms with Gasteiger partial charge in [-0.05, 0) is 18.2 Å². The lowest BCUT2D eigenvalue weighted by Crippen LogP contribution is -2.09. The highest BCUT2D eigenvalue weighted by atomic mass is 35.5. The van der Waals surface area contributed by atoms with Gasteiger partial charge < -0.3 is 5.73 Å². The lowest BCUT2D eigenvalue weighted by molar-refractivity contribution is -0.141. The van der Waals surface area contributed by atoms with Crippen molar-refractivity contribution in [3.63, 3.8) is 0 Å². The summed E-state index contributed by atoms with van der Waals surface area (Å²) in [6, 6.07) is 5.77. The highest BCUT2D eigenvalue weighted by Crippen LogP contribution is 2.29. The van der Waals surface area contributed by atoms with E-state index in [-0.39, 0.29) is 6.54 Å². The van der Waals surface area contributed by atoms with Crippen LogP contribution >= 0.6 is 11.6 Å². The molecule has 7 heteroatoms. The summed E-state index contributed by atoms with van der Waals surface area (Å²) < 4.78 is 38.5. The molecule has 2 N–H and O–H groups in total. The van der Waals surface area contributed by atoms with Gasteiger partial charge in [-0.25, -0.2) is 4.68 Å². The zero-order chi connectivity index (χ0) is 13.3. The Morgan fingerprint density at radius 2 is 2.00 bits per heavy atom. The molecule has 0 aliphatic heterocycles. The van der Waals surface area contributed by atoms with Crippen LogP contribution in [0.25, 0.3) is 5.69 Å². The Kier molecular flexibility index (Phi) is 3.32. The van der Waals surface area contributed by atoms with Crippen LogP contribution in [0.4, 0.5) is 13.2 Å². The zero-order valence-corrected chi connectivity index (χ0v) is 9.83. The minimum atomic E-state index is -4.47. The van der Waals surface area contributed by atoms with Crippen molar-refractivity contribution in [2.45, 2.75) is 12.7 Å². The van der Waals surface area contributed by atoms with E-state index in [4.69, 9.17) is 17.3 Å². The second kappa shape index (κ2) is 4.62. The van der Waals surface area contributed by atoms with Gasteiger partial charge in [0.2, 0.25) is 0 Å². The predicted molar refractivity (Wildman–Crippen MR) is 61.5 cm³/mol. The molecule has 2 rings (SSSR count). The van der Waals surface area contributed by atoms with Crippen LogP contribution in [0.3, 0.4) is 0 Å². The second-order valence-electron chi connectivity index (χ2n) is 3.58. The molecule has 0 aliphatic carbocycles. The molecule has 0 fully saturated rings. The first-order valence-electron chi connectivity index (χ1n) is 5.04. The van der Waals surface area contributed by atoms with E-state index in [1.165, 1.54) is 6.20 Å². The Balaban J connectivity index is 2.50. The summed E-state index contributed by atoms with van der Waals surface area (Å²) in [6.45, 7) is 0.121. The second-order valence-corrected chi connectivity index (χ2v) is 3.99. The lowest BCUT2D eigenvalue weighted by atomic mass is 10.2. The van der Waals surface area contributed by atoms with Crippen LogP contribution in [-0.2, 0) is 12.7 Å². The molecule has 1 aromatic carbocycles. The third-order valence-electron chi connectivity index (χ3n) is 2.42. The fraction of sp³-hybridized carbons (Fsp3) is 0.182. The first kappa shape index (κ1) is 12.9. The van der Waals surface area contributed by atoms with Crippen molar-refractivity contribution in [2.75, 3.05) is 0 Å². The Hall–Kier alpha value is -1.53. The number of nitrogens with two attached hydrogens (primary N) is 1. The maximum Gasteiger partial charge on any atom is 0.435 e. The van der Waals surface area contributed by atoms with Gasteiger partial charge in [0, 0.05) is 23.3 Å². The number of hydrogen-bond donors (Lipinski definition) is 1. The van der Waals surface area contributed by atoms with Crippen molar-refractivity contribution in [3.8, 4) is 5.69 Å². The standard InChI is InChI=1S/C11H9ClF3N3/c12-8-2-1-3-9(7(8)6-16)18-5-4-10(17-18)11(13,14)15/h1-5H,6,16H2. The van der Waals surface area contributed by atoms with E-state index in [1.54, 1.807) is 18.2 Å². The summed E-state index contributed by atoms with van der Waals surface area (Å²) in [6.07, 6.45) is -3.24. The van der Waals surface area contributed by atoms with Crippen molar-refractivity contribution in [1.29, 1.82) is 0 Å². The molecular weight excluding hydrogens is 267 g/mol. The van der Waals surface area contributed by atoms with E-state index in [9.17, 15) is 13.2 Å². The molecule has 1 aromatic heterocycles. The molecule has 3 nitrogen and oxygen atoms in total. The highest BCUT2D eigenvalue weighted by molar-refractivity contribution is 6.31. The van der Waals surface area contributed by atoms with Gasteiger partial charge in [0.05, 0.1) is 5.69 Å². The van der Waals surface area contributed by atoms with Gasteiger partial charge in [-0.15, -0.1) is 0 Å². The minimum Gasteiger partial charge on any atom is -0.326 e. The summed E-state index contributed by atoms with van der Waals surface area (Å²) in [5.74, 6) is 0. The molecular formula is C11H9ClF3N3. The monoisotopic (exact) mass is 275 g/mol. The molecule has 0 bridgehead atoms. The maximum absolute atomic E-state index is 12.5. The van der Waals surface area contributed by atoms with Crippen molar-refractivity contribution in [1.82, 2.24) is 9.78 Å². The van der Waals surface area contributed by atoms with Gasteiger partial charge in [-0.1, -0.05) is 17.7 Å². The number of halogens is 4. The highest BCUT2D eigenvalue weighted by Gasteiger charge is 2.33. The van der Waals surface area contributed by atoms with Crippen molar-refractivity contribution in [3.05, 3.63) is 46.7 Å². The van der Waals surface area contributed by atoms with Gasteiger partial charge in [0.15, 0.2) is 5.69 Å². The third-order valence-corrected chi connectivity index (χ3v) is 2.78. The number of alkyl halides is 3. The van der Waals surface area contributed by atoms with Gasteiger partial charge in [-0.2, -0.15) is 18.3 Å². The quantitative estimate of drug-likeness (QED) is 0.916. The van der Waals surface area contributed by atoms with Crippen LogP contribution < -0.4 is 5.73 Å². The smallest absolute Gasteiger partial charge is 0.326 e. The number of nitrogens with zero attached hydrogens (tertiary/aromatic N) is 2. The lowest BCUT2D eigenvalue weighted by Gasteiger charge is -2.09. The normalized spacial score (nSPS) is 11.8. The van der Waals surface area contributed by atoms with Crippen molar-refractivity contribution in [2.24, 2.45) is 5.73 Å². The largest absolute Gasteiger partial charge is 0.435 e. The Bertz CT molecular complexity index is 563. The van der Waals surface area contributed by atoms with Crippen LogP contribution in [0.5, 0.6) is 0 Å². The number of rotatable bonds is 2. The van der Waals surface area contributed by atoms with Crippen LogP contribution in [0.1, 0.15) is 11.3 Å². The van der Waals surface area contributed by atoms with Gasteiger partial charge in [0.25, 0.3) is 0 Å². The first-order valence-corrected chi connectivity index (χ1v) is 5.42. The van der Waals surface area contributed by atoms with E-state index in [0.29, 0.717) is 16.3 Å². The maximum atomic E-state index is 12.5. The molecule has 2 aromatic rings. The van der Waals surface area contributed by atoms with E-state index < -0.39 is 11.9 Å². The SMILES string of the molecule is NCc1c(Cl)cccc1-n1ccc(C(F)(F)F)n1. The average Bonchev–Trinajstić information content (AvgIpc) is 2.77. The Morgan fingerprint density at radius 3 is 2.56 bits per heavy atom. The Morgan fingerprint density at radius 1 is 1.28 bits per heavy atom. The van der Waals surface area contributed by atoms with Crippen molar-refractivity contribution >= 4 is 11.6 Å². The third kappa shape index (κ3) is 2.34. The molecule has 96 valence electrons. The van der Waals surface area contributed by atoms with Gasteiger partial charge in [-0.3, -0.25) is 0 Å². The number of hydrogen-bond acceptors (Lipinski definition) is 2. The van der Waals surface area contributed by atoms with E-state index >= 15 is 0 Å². The molecule has 0 radical (unpaired) electrons. The van der Waals surface area contributed by atoms with Gasteiger partial charge >= 0.3 is 6.18 Å². The van der Waals surface area contributed by atoms with Crippen molar-refractivity contribution < 1.29 is 13.2 Å². The summed E-state index contributed by atoms with van der Waals surface area (Å²) in [7, 11) is 0. The average molecular weight is 276 g/mol. The van der Waals surface area contributed by atoms with E-state index in [0.717, 1.165) is 10.7 Å². The summed E-state index contributed by atoms with van der Waals surface area (Å²) >= 11 is 5.93. The number of aromatic nitrogens is 2. The summed E-state index contributed by atoms with van der Waals surface area (Å²) in [4.78, 5) is 0. The molecule has 1 heterocycles. The topological polar surface area (TPSA) is 43.8 Å². The van der Waals surface area contributed by atoms with Gasteiger partial charge in [0.1, 0.15) is 0 Å². The van der Waals surface area contributed by atoms with Crippen LogP contribution in [0.2, 0.25) is 5.02 Å². The van der Waals surface area contributed by atoms with Crippen LogP contribution in [-0.4, -0.2) is 9.78 Å². The molecule has 0 unspecified atom stereocenters. The summed E-state index contributed by atoms with van der Waals surface area (Å²) in [5, 5.41) is 3.88. The molecule has 0 amide bonds. The molecule has 18 heavy (non-hydrogen) atoms. The number of benzene rings is 1. The van der Waals surface area contributed by atoms with Crippen LogP contribution in [0, 0.1) is 0 Å². The zero-order valence-electron chi connectivity index (χ0n) is 9.08. The Labute approximate surface area is 106 Å². The predicted octanol–water partition coefficient (Wildman–Crippen LogP) is 3.00. The minimum absolute atomic E-state index is 0.121. The molecule has 0 atom stereocenters. The van der Waals surface area contributed by atoms with E-state index in [1.807, 2.05) is 0 Å². The van der Waals surface area contributed by atoms with E-state index in [2.05, 4.69) is 5.10 Å². The molecule has 0 spiro atoms. The fourth-order valence-corrected chi connectivity index (χ4v) is 1.82.